The van der Waals surface area contributed by atoms with E-state index in [1.165, 1.54) is 25.7 Å². The molecule has 0 saturated heterocycles. The average molecular weight is 242 g/mol. The summed E-state index contributed by atoms with van der Waals surface area (Å²) in [6.07, 6.45) is 8.64. The van der Waals surface area contributed by atoms with E-state index in [1.807, 2.05) is 0 Å². The minimum Gasteiger partial charge on any atom is -0.360 e. The van der Waals surface area contributed by atoms with Crippen LogP contribution in [0.15, 0.2) is 0 Å². The third kappa shape index (κ3) is 3.62. The molecule has 1 fully saturated rings. The lowest BCUT2D eigenvalue weighted by molar-refractivity contribution is 0.336. The van der Waals surface area contributed by atoms with Crippen LogP contribution in [0.2, 0.25) is 0 Å². The van der Waals surface area contributed by atoms with Crippen molar-refractivity contribution in [3.05, 3.63) is 0 Å². The zero-order valence-corrected chi connectivity index (χ0v) is 11.8. The summed E-state index contributed by atoms with van der Waals surface area (Å²) in [7, 11) is 0. The highest BCUT2D eigenvalue weighted by molar-refractivity contribution is 7.80. The molecular formula is C13H26N2S. The van der Waals surface area contributed by atoms with Crippen LogP contribution in [0.5, 0.6) is 0 Å². The van der Waals surface area contributed by atoms with Gasteiger partial charge in [-0.25, -0.2) is 0 Å². The van der Waals surface area contributed by atoms with Gasteiger partial charge >= 0.3 is 0 Å². The van der Waals surface area contributed by atoms with Crippen molar-refractivity contribution < 1.29 is 0 Å². The van der Waals surface area contributed by atoms with Crippen molar-refractivity contribution in [2.45, 2.75) is 77.3 Å². The predicted molar refractivity (Wildman–Crippen MR) is 74.7 cm³/mol. The lowest BCUT2D eigenvalue weighted by atomic mass is 9.90. The molecule has 3 heteroatoms. The lowest BCUT2D eigenvalue weighted by Gasteiger charge is -2.34. The zero-order valence-electron chi connectivity index (χ0n) is 10.9. The normalized spacial score (nSPS) is 17.4. The lowest BCUT2D eigenvalue weighted by Crippen LogP contribution is -2.52. The first-order valence-electron chi connectivity index (χ1n) is 6.74. The Hall–Kier alpha value is -0.310. The minimum atomic E-state index is 0.197. The van der Waals surface area contributed by atoms with E-state index in [4.69, 9.17) is 12.2 Å². The second-order valence-corrected chi connectivity index (χ2v) is 5.33. The summed E-state index contributed by atoms with van der Waals surface area (Å²) in [5.74, 6) is 0. The van der Waals surface area contributed by atoms with E-state index < -0.39 is 0 Å². The van der Waals surface area contributed by atoms with Gasteiger partial charge in [0.05, 0.1) is 0 Å². The van der Waals surface area contributed by atoms with E-state index in [0.717, 1.165) is 24.4 Å². The quantitative estimate of drug-likeness (QED) is 0.723. The fourth-order valence-corrected chi connectivity index (χ4v) is 2.93. The van der Waals surface area contributed by atoms with Crippen molar-refractivity contribution >= 4 is 17.3 Å². The van der Waals surface area contributed by atoms with Crippen LogP contribution in [0.25, 0.3) is 0 Å². The Kier molecular flexibility index (Phi) is 5.53. The Bertz CT molecular complexity index is 210. The molecule has 0 aromatic rings. The van der Waals surface area contributed by atoms with Crippen LogP contribution in [0.4, 0.5) is 0 Å². The molecule has 0 heterocycles. The second kappa shape index (κ2) is 6.43. The van der Waals surface area contributed by atoms with Gasteiger partial charge in [-0.2, -0.15) is 0 Å². The van der Waals surface area contributed by atoms with Crippen LogP contribution in [-0.4, -0.2) is 16.7 Å². The molecule has 1 aliphatic rings. The van der Waals surface area contributed by atoms with Gasteiger partial charge in [-0.3, -0.25) is 0 Å². The van der Waals surface area contributed by atoms with Gasteiger partial charge in [0.15, 0.2) is 5.11 Å². The van der Waals surface area contributed by atoms with Crippen LogP contribution in [0.1, 0.15) is 65.7 Å². The SMILES string of the molecule is CCC(CC)(CC)NC(=S)NC1CCCC1. The van der Waals surface area contributed by atoms with Gasteiger partial charge in [-0.05, 0) is 44.3 Å². The summed E-state index contributed by atoms with van der Waals surface area (Å²) in [6, 6.07) is 0.614. The molecule has 0 aromatic carbocycles. The molecule has 1 aliphatic carbocycles. The maximum absolute atomic E-state index is 5.42. The first-order chi connectivity index (χ1) is 7.65. The first kappa shape index (κ1) is 13.8. The van der Waals surface area contributed by atoms with Gasteiger partial charge in [0.25, 0.3) is 0 Å². The van der Waals surface area contributed by atoms with E-state index in [0.29, 0.717) is 6.04 Å². The standard InChI is InChI=1S/C13H26N2S/c1-4-13(5-2,6-3)15-12(16)14-11-9-7-8-10-11/h11H,4-10H2,1-3H3,(H2,14,15,16). The third-order valence-electron chi connectivity index (χ3n) is 4.10. The Morgan fingerprint density at radius 1 is 1.12 bits per heavy atom. The van der Waals surface area contributed by atoms with Crippen molar-refractivity contribution in [3.8, 4) is 0 Å². The van der Waals surface area contributed by atoms with E-state index in [-0.39, 0.29) is 5.54 Å². The van der Waals surface area contributed by atoms with Gasteiger partial charge in [-0.15, -0.1) is 0 Å². The molecule has 0 aromatic heterocycles. The van der Waals surface area contributed by atoms with Crippen LogP contribution in [-0.2, 0) is 0 Å². The molecule has 0 bridgehead atoms. The van der Waals surface area contributed by atoms with Gasteiger partial charge in [0, 0.05) is 11.6 Å². The number of thiocarbonyl (C=S) groups is 1. The summed E-state index contributed by atoms with van der Waals surface area (Å²) in [6.45, 7) is 6.70. The summed E-state index contributed by atoms with van der Waals surface area (Å²) < 4.78 is 0. The largest absolute Gasteiger partial charge is 0.360 e. The fraction of sp³-hybridized carbons (Fsp3) is 0.923. The van der Waals surface area contributed by atoms with E-state index in [2.05, 4.69) is 31.4 Å². The highest BCUT2D eigenvalue weighted by Crippen LogP contribution is 2.20. The summed E-state index contributed by atoms with van der Waals surface area (Å²) in [5, 5.41) is 7.84. The highest BCUT2D eigenvalue weighted by atomic mass is 32.1. The van der Waals surface area contributed by atoms with Crippen molar-refractivity contribution in [2.75, 3.05) is 0 Å². The first-order valence-corrected chi connectivity index (χ1v) is 7.15. The Balaban J connectivity index is 2.41. The molecule has 0 atom stereocenters. The molecule has 16 heavy (non-hydrogen) atoms. The van der Waals surface area contributed by atoms with Crippen molar-refractivity contribution in [3.63, 3.8) is 0 Å². The molecule has 1 rings (SSSR count). The Morgan fingerprint density at radius 2 is 1.62 bits per heavy atom. The molecule has 0 amide bonds. The summed E-state index contributed by atoms with van der Waals surface area (Å²) in [5.41, 5.74) is 0.197. The van der Waals surface area contributed by atoms with Crippen LogP contribution in [0, 0.1) is 0 Å². The topological polar surface area (TPSA) is 24.1 Å². The molecule has 0 aliphatic heterocycles. The molecule has 2 N–H and O–H groups in total. The van der Waals surface area contributed by atoms with Crippen LogP contribution in [0.3, 0.4) is 0 Å². The Labute approximate surface area is 106 Å². The van der Waals surface area contributed by atoms with E-state index in [1.54, 1.807) is 0 Å². The number of hydrogen-bond acceptors (Lipinski definition) is 1. The van der Waals surface area contributed by atoms with Crippen LogP contribution >= 0.6 is 12.2 Å². The maximum atomic E-state index is 5.42. The van der Waals surface area contributed by atoms with Gasteiger partial charge in [-0.1, -0.05) is 33.6 Å². The molecule has 94 valence electrons. The van der Waals surface area contributed by atoms with Crippen molar-refractivity contribution in [2.24, 2.45) is 0 Å². The smallest absolute Gasteiger partial charge is 0.166 e. The monoisotopic (exact) mass is 242 g/mol. The highest BCUT2D eigenvalue weighted by Gasteiger charge is 2.25. The van der Waals surface area contributed by atoms with Crippen molar-refractivity contribution in [1.82, 2.24) is 10.6 Å². The molecule has 2 nitrogen and oxygen atoms in total. The molecule has 0 radical (unpaired) electrons. The molecule has 1 saturated carbocycles. The van der Waals surface area contributed by atoms with E-state index >= 15 is 0 Å². The van der Waals surface area contributed by atoms with Crippen LogP contribution < -0.4 is 10.6 Å². The number of nitrogens with one attached hydrogen (secondary N) is 2. The molecule has 0 spiro atoms. The number of hydrogen-bond donors (Lipinski definition) is 2. The van der Waals surface area contributed by atoms with Gasteiger partial charge < -0.3 is 10.6 Å². The molecule has 0 unspecified atom stereocenters. The summed E-state index contributed by atoms with van der Waals surface area (Å²) >= 11 is 5.42. The minimum absolute atomic E-state index is 0.197. The zero-order chi connectivity index (χ0) is 12.0. The Morgan fingerprint density at radius 3 is 2.06 bits per heavy atom. The van der Waals surface area contributed by atoms with Gasteiger partial charge in [0.2, 0.25) is 0 Å². The second-order valence-electron chi connectivity index (χ2n) is 4.92. The summed E-state index contributed by atoms with van der Waals surface area (Å²) in [4.78, 5) is 0. The molecular weight excluding hydrogens is 216 g/mol. The average Bonchev–Trinajstić information content (AvgIpc) is 2.79. The predicted octanol–water partition coefficient (Wildman–Crippen LogP) is 3.36. The van der Waals surface area contributed by atoms with Gasteiger partial charge in [0.1, 0.15) is 0 Å². The van der Waals surface area contributed by atoms with Crippen molar-refractivity contribution in [1.29, 1.82) is 0 Å². The number of rotatable bonds is 5. The third-order valence-corrected chi connectivity index (χ3v) is 4.32. The van der Waals surface area contributed by atoms with E-state index in [9.17, 15) is 0 Å². The maximum Gasteiger partial charge on any atom is 0.166 e. The fourth-order valence-electron chi connectivity index (χ4n) is 2.55.